The molecule has 6 nitrogen and oxygen atoms in total. The van der Waals surface area contributed by atoms with E-state index in [1.165, 1.54) is 4.68 Å². The zero-order valence-corrected chi connectivity index (χ0v) is 18.3. The molecule has 2 heterocycles. The topological polar surface area (TPSA) is 65.8 Å². The van der Waals surface area contributed by atoms with Crippen LogP contribution in [-0.2, 0) is 11.8 Å². The van der Waals surface area contributed by atoms with Gasteiger partial charge >= 0.3 is 5.76 Å². The molecule has 154 valence electrons. The number of rotatable bonds is 4. The van der Waals surface area contributed by atoms with E-state index in [1.807, 2.05) is 63.4 Å². The Morgan fingerprint density at radius 1 is 1.00 bits per heavy atom. The molecule has 0 saturated heterocycles. The van der Waals surface area contributed by atoms with Crippen LogP contribution in [0.25, 0.3) is 11.4 Å². The van der Waals surface area contributed by atoms with Crippen molar-refractivity contribution in [3.63, 3.8) is 0 Å². The minimum absolute atomic E-state index is 0.314. The van der Waals surface area contributed by atoms with E-state index in [0.717, 1.165) is 16.9 Å². The third-order valence-corrected chi connectivity index (χ3v) is 5.22. The average molecular weight is 443 g/mol. The van der Waals surface area contributed by atoms with Crippen LogP contribution in [0.5, 0.6) is 0 Å². The molecule has 0 unspecified atom stereocenters. The molecular formula is C22H20Cl2N4O2. The second-order valence-corrected chi connectivity index (χ2v) is 8.81. The Balaban J connectivity index is 1.69. The highest BCUT2D eigenvalue weighted by Gasteiger charge is 2.24. The average Bonchev–Trinajstić information content (AvgIpc) is 3.31. The number of benzene rings is 2. The van der Waals surface area contributed by atoms with Crippen LogP contribution in [0.2, 0.25) is 10.0 Å². The summed E-state index contributed by atoms with van der Waals surface area (Å²) < 4.78 is 8.29. The molecule has 30 heavy (non-hydrogen) atoms. The van der Waals surface area contributed by atoms with Crippen molar-refractivity contribution in [3.8, 4) is 11.4 Å². The summed E-state index contributed by atoms with van der Waals surface area (Å²) in [7, 11) is 0. The number of para-hydroxylation sites is 1. The fourth-order valence-electron chi connectivity index (χ4n) is 2.99. The lowest BCUT2D eigenvalue weighted by molar-refractivity contribution is 0.375. The van der Waals surface area contributed by atoms with Crippen LogP contribution < -0.4 is 5.76 Å². The highest BCUT2D eigenvalue weighted by molar-refractivity contribution is 6.36. The fraction of sp³-hybridized carbons (Fsp3) is 0.227. The predicted octanol–water partition coefficient (Wildman–Crippen LogP) is 5.21. The largest absolute Gasteiger partial charge is 0.442 e. The van der Waals surface area contributed by atoms with Gasteiger partial charge in [0.2, 0.25) is 5.89 Å². The summed E-state index contributed by atoms with van der Waals surface area (Å²) in [6.07, 6.45) is 2.37. The summed E-state index contributed by atoms with van der Waals surface area (Å²) in [5.41, 5.74) is 2.59. The molecule has 0 aliphatic rings. The van der Waals surface area contributed by atoms with Gasteiger partial charge in [-0.25, -0.2) is 9.48 Å². The first-order valence-corrected chi connectivity index (χ1v) is 10.2. The van der Waals surface area contributed by atoms with Crippen molar-refractivity contribution in [1.29, 1.82) is 0 Å². The first kappa shape index (κ1) is 20.4. The predicted molar refractivity (Wildman–Crippen MR) is 117 cm³/mol. The Morgan fingerprint density at radius 2 is 1.73 bits per heavy atom. The van der Waals surface area contributed by atoms with Gasteiger partial charge in [0, 0.05) is 23.1 Å². The van der Waals surface area contributed by atoms with Gasteiger partial charge in [-0.2, -0.15) is 9.78 Å². The molecule has 0 aliphatic carbocycles. The number of hydrogen-bond donors (Lipinski definition) is 0. The normalized spacial score (nSPS) is 11.8. The van der Waals surface area contributed by atoms with E-state index >= 15 is 0 Å². The van der Waals surface area contributed by atoms with Gasteiger partial charge in [0.05, 0.1) is 22.1 Å². The molecule has 8 heteroatoms. The molecule has 0 bridgehead atoms. The molecule has 0 saturated carbocycles. The third kappa shape index (κ3) is 4.06. The van der Waals surface area contributed by atoms with Crippen LogP contribution in [0.4, 0.5) is 0 Å². The summed E-state index contributed by atoms with van der Waals surface area (Å²) in [6.45, 7) is 5.75. The number of aromatic nitrogens is 4. The van der Waals surface area contributed by atoms with E-state index in [0.29, 0.717) is 28.0 Å². The minimum Gasteiger partial charge on any atom is -0.391 e. The quantitative estimate of drug-likeness (QED) is 0.435. The standard InChI is InChI=1S/C22H20Cl2N4O2/c1-22(2,3)20-26-28(21(29)30-20)19-12-14(17(23)13-18(19)24)11-15-9-10-27(25-15)16-7-5-4-6-8-16/h4-10,12-13H,11H2,1-3H3. The van der Waals surface area contributed by atoms with Gasteiger partial charge in [0.1, 0.15) is 0 Å². The van der Waals surface area contributed by atoms with Crippen LogP contribution in [0.1, 0.15) is 37.9 Å². The Labute approximate surface area is 183 Å². The van der Waals surface area contributed by atoms with Gasteiger partial charge in [-0.3, -0.25) is 0 Å². The lowest BCUT2D eigenvalue weighted by atomic mass is 9.97. The minimum atomic E-state index is -0.594. The van der Waals surface area contributed by atoms with Gasteiger partial charge in [-0.15, -0.1) is 5.10 Å². The van der Waals surface area contributed by atoms with E-state index in [4.69, 9.17) is 27.6 Å². The summed E-state index contributed by atoms with van der Waals surface area (Å²) in [5, 5.41) is 9.75. The van der Waals surface area contributed by atoms with Crippen LogP contribution in [0.3, 0.4) is 0 Å². The van der Waals surface area contributed by atoms with Crippen molar-refractivity contribution < 1.29 is 4.42 Å². The first-order valence-electron chi connectivity index (χ1n) is 9.41. The monoisotopic (exact) mass is 442 g/mol. The lowest BCUT2D eigenvalue weighted by Crippen LogP contribution is -2.15. The first-order chi connectivity index (χ1) is 14.2. The maximum atomic E-state index is 12.4. The summed E-state index contributed by atoms with van der Waals surface area (Å²) >= 11 is 12.8. The van der Waals surface area contributed by atoms with Gasteiger partial charge < -0.3 is 4.42 Å². The zero-order valence-electron chi connectivity index (χ0n) is 16.8. The van der Waals surface area contributed by atoms with Crippen molar-refractivity contribution in [2.45, 2.75) is 32.6 Å². The molecule has 0 atom stereocenters. The number of hydrogen-bond acceptors (Lipinski definition) is 4. The highest BCUT2D eigenvalue weighted by Crippen LogP contribution is 2.29. The van der Waals surface area contributed by atoms with Crippen molar-refractivity contribution in [2.24, 2.45) is 0 Å². The van der Waals surface area contributed by atoms with Crippen LogP contribution in [-0.4, -0.2) is 19.6 Å². The van der Waals surface area contributed by atoms with E-state index < -0.39 is 11.2 Å². The second-order valence-electron chi connectivity index (χ2n) is 7.99. The van der Waals surface area contributed by atoms with Crippen LogP contribution in [0, 0.1) is 0 Å². The lowest BCUT2D eigenvalue weighted by Gasteiger charge is -2.11. The molecule has 0 spiro atoms. The molecule has 0 amide bonds. The fourth-order valence-corrected chi connectivity index (χ4v) is 3.52. The highest BCUT2D eigenvalue weighted by atomic mass is 35.5. The van der Waals surface area contributed by atoms with E-state index in [9.17, 15) is 4.79 Å². The van der Waals surface area contributed by atoms with Crippen molar-refractivity contribution in [2.75, 3.05) is 0 Å². The smallest absolute Gasteiger partial charge is 0.391 e. The van der Waals surface area contributed by atoms with Gasteiger partial charge in [0.25, 0.3) is 0 Å². The van der Waals surface area contributed by atoms with Gasteiger partial charge in [-0.05, 0) is 35.9 Å². The van der Waals surface area contributed by atoms with Crippen molar-refractivity contribution >= 4 is 23.2 Å². The maximum Gasteiger partial charge on any atom is 0.442 e. The summed E-state index contributed by atoms with van der Waals surface area (Å²) in [4.78, 5) is 12.4. The van der Waals surface area contributed by atoms with Crippen molar-refractivity contribution in [1.82, 2.24) is 19.6 Å². The molecule has 0 N–H and O–H groups in total. The Bertz CT molecular complexity index is 1250. The Hall–Kier alpha value is -2.83. The Kier molecular flexibility index (Phi) is 5.30. The maximum absolute atomic E-state index is 12.4. The zero-order chi connectivity index (χ0) is 21.5. The SMILES string of the molecule is CC(C)(C)c1nn(-c2cc(Cc3ccn(-c4ccccc4)n3)c(Cl)cc2Cl)c(=O)o1. The van der Waals surface area contributed by atoms with E-state index in [-0.39, 0.29) is 0 Å². The summed E-state index contributed by atoms with van der Waals surface area (Å²) in [6, 6.07) is 15.1. The molecule has 0 fully saturated rings. The third-order valence-electron chi connectivity index (χ3n) is 4.57. The van der Waals surface area contributed by atoms with Crippen LogP contribution in [0.15, 0.2) is 63.9 Å². The number of nitrogens with zero attached hydrogens (tertiary/aromatic N) is 4. The second kappa shape index (κ2) is 7.78. The molecule has 0 radical (unpaired) electrons. The van der Waals surface area contributed by atoms with Gasteiger partial charge in [-0.1, -0.05) is 62.2 Å². The molecule has 4 aromatic rings. The molecule has 4 rings (SSSR count). The molecule has 0 aliphatic heterocycles. The van der Waals surface area contributed by atoms with Crippen molar-refractivity contribution in [3.05, 3.63) is 92.5 Å². The van der Waals surface area contributed by atoms with Crippen LogP contribution >= 0.6 is 23.2 Å². The molecule has 2 aromatic carbocycles. The molecule has 2 aromatic heterocycles. The van der Waals surface area contributed by atoms with Gasteiger partial charge in [0.15, 0.2) is 0 Å². The summed E-state index contributed by atoms with van der Waals surface area (Å²) in [5.74, 6) is -0.259. The van der Waals surface area contributed by atoms with E-state index in [2.05, 4.69) is 10.2 Å². The number of halogens is 2. The Morgan fingerprint density at radius 3 is 2.40 bits per heavy atom. The molecular weight excluding hydrogens is 423 g/mol. The van der Waals surface area contributed by atoms with E-state index in [1.54, 1.807) is 16.8 Å².